The third-order valence-electron chi connectivity index (χ3n) is 10.1. The zero-order valence-corrected chi connectivity index (χ0v) is 40.1. The summed E-state index contributed by atoms with van der Waals surface area (Å²) in [7, 11) is 1.46. The lowest BCUT2D eigenvalue weighted by Gasteiger charge is -2.24. The quantitative estimate of drug-likeness (QED) is 0.0212. The molecule has 0 spiro atoms. The third kappa shape index (κ3) is 45.2. The number of phosphoric ester groups is 1. The number of hydrogen-bond donors (Lipinski definition) is 1. The molecule has 348 valence electrons. The zero-order valence-electron chi connectivity index (χ0n) is 39.2. The molecule has 0 saturated carbocycles. The second-order valence-corrected chi connectivity index (χ2v) is 18.6. The molecule has 0 aliphatic rings. The van der Waals surface area contributed by atoms with Crippen molar-refractivity contribution >= 4 is 19.8 Å². The highest BCUT2D eigenvalue weighted by atomic mass is 31.2. The predicted molar refractivity (Wildman–Crippen MR) is 252 cm³/mol. The number of quaternary nitrogens is 1. The number of allylic oxidation sites excluding steroid dienone is 10. The molecule has 0 aliphatic carbocycles. The number of nitrogens with zero attached hydrogens (tertiary/aromatic N) is 1. The van der Waals surface area contributed by atoms with E-state index < -0.39 is 26.5 Å². The third-order valence-corrected chi connectivity index (χ3v) is 11.0. The van der Waals surface area contributed by atoms with Crippen LogP contribution in [0.1, 0.15) is 194 Å². The van der Waals surface area contributed by atoms with Gasteiger partial charge in [-0.25, -0.2) is 4.57 Å². The Balaban J connectivity index is 4.30. The fourth-order valence-electron chi connectivity index (χ4n) is 6.33. The Labute approximate surface area is 368 Å². The second-order valence-electron chi connectivity index (χ2n) is 17.1. The van der Waals surface area contributed by atoms with Gasteiger partial charge in [0.05, 0.1) is 27.7 Å². The van der Waals surface area contributed by atoms with Gasteiger partial charge in [-0.2, -0.15) is 0 Å². The van der Waals surface area contributed by atoms with Crippen molar-refractivity contribution in [3.8, 4) is 0 Å². The summed E-state index contributed by atoms with van der Waals surface area (Å²) >= 11 is 0. The summed E-state index contributed by atoms with van der Waals surface area (Å²) in [4.78, 5) is 35.4. The van der Waals surface area contributed by atoms with Gasteiger partial charge >= 0.3 is 19.8 Å². The van der Waals surface area contributed by atoms with Crippen LogP contribution in [0.5, 0.6) is 0 Å². The molecular formula is C50H91NO8P+. The van der Waals surface area contributed by atoms with E-state index in [-0.39, 0.29) is 32.0 Å². The van der Waals surface area contributed by atoms with Crippen molar-refractivity contribution in [2.45, 2.75) is 200 Å². The van der Waals surface area contributed by atoms with Crippen LogP contribution in [-0.4, -0.2) is 74.9 Å². The average molecular weight is 865 g/mol. The van der Waals surface area contributed by atoms with Gasteiger partial charge in [0.25, 0.3) is 0 Å². The summed E-state index contributed by atoms with van der Waals surface area (Å²) < 4.78 is 34.4. The molecule has 0 heterocycles. The second kappa shape index (κ2) is 42.0. The van der Waals surface area contributed by atoms with E-state index in [1.54, 1.807) is 0 Å². The minimum absolute atomic E-state index is 0.0279. The zero-order chi connectivity index (χ0) is 44.3. The van der Waals surface area contributed by atoms with E-state index >= 15 is 0 Å². The average Bonchev–Trinajstić information content (AvgIpc) is 3.20. The van der Waals surface area contributed by atoms with E-state index in [1.165, 1.54) is 83.5 Å². The molecule has 0 aromatic heterocycles. The molecule has 1 N–H and O–H groups in total. The normalized spacial score (nSPS) is 14.0. The Morgan fingerprint density at radius 1 is 0.533 bits per heavy atom. The van der Waals surface area contributed by atoms with Crippen molar-refractivity contribution < 1.29 is 42.1 Å². The number of rotatable bonds is 43. The molecule has 0 bridgehead atoms. The fraction of sp³-hybridized carbons (Fsp3) is 0.760. The first-order valence-corrected chi connectivity index (χ1v) is 25.5. The van der Waals surface area contributed by atoms with Crippen molar-refractivity contribution in [1.29, 1.82) is 0 Å². The van der Waals surface area contributed by atoms with Crippen molar-refractivity contribution in [1.82, 2.24) is 0 Å². The van der Waals surface area contributed by atoms with Gasteiger partial charge in [0.1, 0.15) is 19.8 Å². The van der Waals surface area contributed by atoms with Crippen LogP contribution in [0, 0.1) is 0 Å². The van der Waals surface area contributed by atoms with Crippen molar-refractivity contribution in [2.75, 3.05) is 47.5 Å². The number of esters is 2. The van der Waals surface area contributed by atoms with Crippen LogP contribution in [0.3, 0.4) is 0 Å². The SMILES string of the molecule is CC/C=C\C/C=C\C/C=C\C/C=C\C/C=C\CCCCCCCCCC(=O)OC(COC(=O)CCCCCCCCCCCCCCC)COP(=O)(O)OCC[N+](C)(C)C. The van der Waals surface area contributed by atoms with Crippen LogP contribution in [0.25, 0.3) is 0 Å². The molecule has 2 atom stereocenters. The first-order valence-electron chi connectivity index (χ1n) is 24.0. The lowest BCUT2D eigenvalue weighted by atomic mass is 10.0. The van der Waals surface area contributed by atoms with Gasteiger partial charge in [0.15, 0.2) is 6.10 Å². The number of hydrogen-bond acceptors (Lipinski definition) is 7. The summed E-state index contributed by atoms with van der Waals surface area (Å²) in [5.41, 5.74) is 0. The van der Waals surface area contributed by atoms with E-state index in [2.05, 4.69) is 74.6 Å². The van der Waals surface area contributed by atoms with E-state index in [0.29, 0.717) is 17.4 Å². The maximum Gasteiger partial charge on any atom is 0.472 e. The highest BCUT2D eigenvalue weighted by molar-refractivity contribution is 7.47. The largest absolute Gasteiger partial charge is 0.472 e. The lowest BCUT2D eigenvalue weighted by Crippen LogP contribution is -2.37. The summed E-state index contributed by atoms with van der Waals surface area (Å²) in [6.45, 7) is 4.30. The molecule has 0 rings (SSSR count). The number of unbranched alkanes of at least 4 members (excludes halogenated alkanes) is 19. The number of carbonyl (C=O) groups excluding carboxylic acids is 2. The molecule has 0 amide bonds. The number of likely N-dealkylation sites (N-methyl/N-ethyl adjacent to an activating group) is 1. The highest BCUT2D eigenvalue weighted by Gasteiger charge is 2.27. The highest BCUT2D eigenvalue weighted by Crippen LogP contribution is 2.43. The van der Waals surface area contributed by atoms with E-state index in [0.717, 1.165) is 77.0 Å². The molecule has 0 fully saturated rings. The van der Waals surface area contributed by atoms with Gasteiger partial charge in [-0.05, 0) is 57.8 Å². The predicted octanol–water partition coefficient (Wildman–Crippen LogP) is 14.0. The van der Waals surface area contributed by atoms with E-state index in [4.69, 9.17) is 18.5 Å². The fourth-order valence-corrected chi connectivity index (χ4v) is 7.08. The molecule has 0 aromatic rings. The minimum Gasteiger partial charge on any atom is -0.462 e. The van der Waals surface area contributed by atoms with Crippen molar-refractivity contribution in [3.05, 3.63) is 60.8 Å². The van der Waals surface area contributed by atoms with Crippen LogP contribution in [0.2, 0.25) is 0 Å². The van der Waals surface area contributed by atoms with Crippen LogP contribution in [0.4, 0.5) is 0 Å². The van der Waals surface area contributed by atoms with Crippen molar-refractivity contribution in [2.24, 2.45) is 0 Å². The van der Waals surface area contributed by atoms with Crippen molar-refractivity contribution in [3.63, 3.8) is 0 Å². The Bertz CT molecular complexity index is 1210. The van der Waals surface area contributed by atoms with Gasteiger partial charge < -0.3 is 18.9 Å². The van der Waals surface area contributed by atoms with Gasteiger partial charge in [-0.1, -0.05) is 184 Å². The molecule has 10 heteroatoms. The maximum atomic E-state index is 12.7. The van der Waals surface area contributed by atoms with Crippen LogP contribution < -0.4 is 0 Å². The molecule has 60 heavy (non-hydrogen) atoms. The summed E-state index contributed by atoms with van der Waals surface area (Å²) in [5.74, 6) is -0.810. The summed E-state index contributed by atoms with van der Waals surface area (Å²) in [6.07, 6.45) is 51.2. The Morgan fingerprint density at radius 2 is 0.950 bits per heavy atom. The number of carbonyl (C=O) groups is 2. The minimum atomic E-state index is -4.38. The van der Waals surface area contributed by atoms with Gasteiger partial charge in [0.2, 0.25) is 0 Å². The summed E-state index contributed by atoms with van der Waals surface area (Å²) in [6, 6.07) is 0. The smallest absolute Gasteiger partial charge is 0.462 e. The van der Waals surface area contributed by atoms with Gasteiger partial charge in [0, 0.05) is 12.8 Å². The molecule has 9 nitrogen and oxygen atoms in total. The molecule has 2 unspecified atom stereocenters. The maximum absolute atomic E-state index is 12.7. The molecule has 0 aromatic carbocycles. The first kappa shape index (κ1) is 57.7. The van der Waals surface area contributed by atoms with Gasteiger partial charge in [-0.15, -0.1) is 0 Å². The van der Waals surface area contributed by atoms with Crippen LogP contribution in [-0.2, 0) is 32.7 Å². The number of phosphoric acid groups is 1. The topological polar surface area (TPSA) is 108 Å². The van der Waals surface area contributed by atoms with E-state index in [1.807, 2.05) is 21.1 Å². The Kier molecular flexibility index (Phi) is 40.4. The Morgan fingerprint density at radius 3 is 1.42 bits per heavy atom. The molecule has 0 aliphatic heterocycles. The standard InChI is InChI=1S/C50H90NO8P/c1-6-8-10-12-14-16-18-20-21-22-23-24-25-26-27-28-29-31-33-35-37-39-41-43-50(53)59-48(47-58-60(54,55)57-45-44-51(3,4)5)46-56-49(52)42-40-38-36-34-32-30-19-17-15-13-11-9-7-2/h8,10,14,16,20-21,23-24,26-27,48H,6-7,9,11-13,15,17-19,22,25,28-47H2,1-5H3/p+1/b10-8-,16-14-,21-20-,24-23-,27-26-. The Hall–Kier alpha value is -2.29. The summed E-state index contributed by atoms with van der Waals surface area (Å²) in [5, 5.41) is 0. The lowest BCUT2D eigenvalue weighted by molar-refractivity contribution is -0.870. The first-order chi connectivity index (χ1) is 29.0. The van der Waals surface area contributed by atoms with Crippen LogP contribution >= 0.6 is 7.82 Å². The van der Waals surface area contributed by atoms with Gasteiger partial charge in [-0.3, -0.25) is 18.6 Å². The molecular weight excluding hydrogens is 774 g/mol. The van der Waals surface area contributed by atoms with Crippen LogP contribution in [0.15, 0.2) is 60.8 Å². The molecule has 0 saturated heterocycles. The molecule has 0 radical (unpaired) electrons. The monoisotopic (exact) mass is 865 g/mol. The number of ether oxygens (including phenoxy) is 2. The van der Waals surface area contributed by atoms with E-state index in [9.17, 15) is 19.0 Å².